The molecule has 0 radical (unpaired) electrons. The Hall–Kier alpha value is -2.94. The van der Waals surface area contributed by atoms with Crippen molar-refractivity contribution in [2.45, 2.75) is 6.42 Å². The van der Waals surface area contributed by atoms with Crippen molar-refractivity contribution in [2.75, 3.05) is 0 Å². The molecule has 0 aromatic heterocycles. The van der Waals surface area contributed by atoms with Crippen molar-refractivity contribution in [2.24, 2.45) is 0 Å². The van der Waals surface area contributed by atoms with E-state index in [1.807, 2.05) is 0 Å². The first-order valence-corrected chi connectivity index (χ1v) is 7.18. The maximum Gasteiger partial charge on any atom is 0.269 e. The van der Waals surface area contributed by atoms with Gasteiger partial charge in [-0.05, 0) is 51.6 Å². The van der Waals surface area contributed by atoms with E-state index in [0.29, 0.717) is 0 Å². The Morgan fingerprint density at radius 2 is 1.68 bits per heavy atom. The molecule has 0 aliphatic heterocycles. The van der Waals surface area contributed by atoms with Crippen LogP contribution in [-0.4, -0.2) is 4.92 Å². The topological polar surface area (TPSA) is 43.1 Å². The van der Waals surface area contributed by atoms with E-state index >= 15 is 0 Å². The number of benzene rings is 3. The molecule has 0 unspecified atom stereocenters. The standard InChI is InChI=1S/C19H13NO2/c21-20(22)17-9-7-13(8-10-17)11-16-12-15-5-1-3-14-4-2-6-18(16)19(14)15/h1-11H,12H2. The van der Waals surface area contributed by atoms with E-state index in [9.17, 15) is 10.1 Å². The third-order valence-corrected chi connectivity index (χ3v) is 4.16. The average Bonchev–Trinajstić information content (AvgIpc) is 2.88. The van der Waals surface area contributed by atoms with Gasteiger partial charge in [0.2, 0.25) is 0 Å². The van der Waals surface area contributed by atoms with Crippen molar-refractivity contribution in [3.63, 3.8) is 0 Å². The molecule has 22 heavy (non-hydrogen) atoms. The summed E-state index contributed by atoms with van der Waals surface area (Å²) in [7, 11) is 0. The monoisotopic (exact) mass is 287 g/mol. The molecule has 0 bridgehead atoms. The van der Waals surface area contributed by atoms with Crippen molar-refractivity contribution in [1.29, 1.82) is 0 Å². The fourth-order valence-electron chi connectivity index (χ4n) is 3.16. The Morgan fingerprint density at radius 1 is 0.955 bits per heavy atom. The van der Waals surface area contributed by atoms with E-state index in [-0.39, 0.29) is 10.6 Å². The number of rotatable bonds is 2. The van der Waals surface area contributed by atoms with Gasteiger partial charge in [-0.1, -0.05) is 42.5 Å². The van der Waals surface area contributed by atoms with E-state index in [1.165, 1.54) is 27.5 Å². The molecule has 1 aliphatic rings. The summed E-state index contributed by atoms with van der Waals surface area (Å²) < 4.78 is 0. The van der Waals surface area contributed by atoms with Gasteiger partial charge < -0.3 is 0 Å². The van der Waals surface area contributed by atoms with Crippen LogP contribution in [0.1, 0.15) is 16.7 Å². The first kappa shape index (κ1) is 12.8. The Morgan fingerprint density at radius 3 is 2.41 bits per heavy atom. The van der Waals surface area contributed by atoms with Gasteiger partial charge in [0, 0.05) is 12.1 Å². The molecular weight excluding hydrogens is 274 g/mol. The van der Waals surface area contributed by atoms with E-state index in [0.717, 1.165) is 12.0 Å². The van der Waals surface area contributed by atoms with Crippen molar-refractivity contribution in [3.05, 3.63) is 87.5 Å². The van der Waals surface area contributed by atoms with Crippen LogP contribution in [0.5, 0.6) is 0 Å². The molecule has 4 rings (SSSR count). The minimum atomic E-state index is -0.372. The summed E-state index contributed by atoms with van der Waals surface area (Å²) in [5.74, 6) is 0. The highest BCUT2D eigenvalue weighted by atomic mass is 16.6. The Kier molecular flexibility index (Phi) is 2.79. The van der Waals surface area contributed by atoms with Gasteiger partial charge in [0.15, 0.2) is 0 Å². The summed E-state index contributed by atoms with van der Waals surface area (Å²) in [4.78, 5) is 10.4. The molecule has 0 saturated carbocycles. The van der Waals surface area contributed by atoms with Crippen molar-refractivity contribution in [3.8, 4) is 0 Å². The van der Waals surface area contributed by atoms with Crippen LogP contribution >= 0.6 is 0 Å². The zero-order valence-corrected chi connectivity index (χ0v) is 11.8. The minimum absolute atomic E-state index is 0.124. The molecule has 0 N–H and O–H groups in total. The second-order valence-electron chi connectivity index (χ2n) is 5.52. The number of allylic oxidation sites excluding steroid dienone is 1. The summed E-state index contributed by atoms with van der Waals surface area (Å²) >= 11 is 0. The van der Waals surface area contributed by atoms with Gasteiger partial charge in [-0.3, -0.25) is 10.1 Å². The lowest BCUT2D eigenvalue weighted by Crippen LogP contribution is -1.87. The van der Waals surface area contributed by atoms with E-state index in [2.05, 4.69) is 42.5 Å². The van der Waals surface area contributed by atoms with Crippen LogP contribution in [0.3, 0.4) is 0 Å². The molecule has 0 heterocycles. The number of non-ortho nitro benzene ring substituents is 1. The third-order valence-electron chi connectivity index (χ3n) is 4.16. The summed E-state index contributed by atoms with van der Waals surface area (Å²) in [5, 5.41) is 13.3. The highest BCUT2D eigenvalue weighted by Gasteiger charge is 2.18. The Bertz CT molecular complexity index is 919. The lowest BCUT2D eigenvalue weighted by atomic mass is 10.0. The normalized spacial score (nSPS) is 14.6. The van der Waals surface area contributed by atoms with Gasteiger partial charge in [-0.15, -0.1) is 0 Å². The first-order valence-electron chi connectivity index (χ1n) is 7.18. The number of nitro benzene ring substituents is 1. The van der Waals surface area contributed by atoms with Gasteiger partial charge >= 0.3 is 0 Å². The Balaban J connectivity index is 1.79. The number of hydrogen-bond acceptors (Lipinski definition) is 2. The molecular formula is C19H13NO2. The van der Waals surface area contributed by atoms with Gasteiger partial charge in [-0.25, -0.2) is 0 Å². The first-order chi connectivity index (χ1) is 10.7. The largest absolute Gasteiger partial charge is 0.269 e. The van der Waals surface area contributed by atoms with Gasteiger partial charge in [0.05, 0.1) is 4.92 Å². The molecule has 3 aromatic carbocycles. The second kappa shape index (κ2) is 4.81. The van der Waals surface area contributed by atoms with Crippen LogP contribution in [0, 0.1) is 10.1 Å². The molecule has 0 spiro atoms. The van der Waals surface area contributed by atoms with Crippen LogP contribution in [0.2, 0.25) is 0 Å². The Labute approximate surface area is 127 Å². The van der Waals surface area contributed by atoms with Gasteiger partial charge in [0.1, 0.15) is 0 Å². The summed E-state index contributed by atoms with van der Waals surface area (Å²) in [6.07, 6.45) is 3.03. The highest BCUT2D eigenvalue weighted by molar-refractivity contribution is 6.04. The summed E-state index contributed by atoms with van der Waals surface area (Å²) in [6.45, 7) is 0. The molecule has 1 aliphatic carbocycles. The van der Waals surface area contributed by atoms with Crippen LogP contribution in [0.15, 0.2) is 60.7 Å². The van der Waals surface area contributed by atoms with E-state index in [1.54, 1.807) is 24.3 Å². The molecule has 3 heteroatoms. The van der Waals surface area contributed by atoms with Crippen molar-refractivity contribution >= 4 is 28.1 Å². The van der Waals surface area contributed by atoms with Crippen molar-refractivity contribution < 1.29 is 4.92 Å². The van der Waals surface area contributed by atoms with Gasteiger partial charge in [0.25, 0.3) is 5.69 Å². The zero-order chi connectivity index (χ0) is 15.1. The molecule has 3 aromatic rings. The quantitative estimate of drug-likeness (QED) is 0.499. The van der Waals surface area contributed by atoms with E-state index in [4.69, 9.17) is 0 Å². The maximum absolute atomic E-state index is 10.7. The fourth-order valence-corrected chi connectivity index (χ4v) is 3.16. The van der Waals surface area contributed by atoms with Gasteiger partial charge in [-0.2, -0.15) is 0 Å². The predicted molar refractivity (Wildman–Crippen MR) is 88.6 cm³/mol. The second-order valence-corrected chi connectivity index (χ2v) is 5.52. The fraction of sp³-hybridized carbons (Fsp3) is 0.0526. The molecule has 0 saturated heterocycles. The molecule has 0 atom stereocenters. The molecule has 3 nitrogen and oxygen atoms in total. The lowest BCUT2D eigenvalue weighted by Gasteiger charge is -2.02. The summed E-state index contributed by atoms with van der Waals surface area (Å²) in [6, 6.07) is 19.5. The van der Waals surface area contributed by atoms with E-state index < -0.39 is 0 Å². The maximum atomic E-state index is 10.7. The van der Waals surface area contributed by atoms with Crippen LogP contribution in [0.25, 0.3) is 22.4 Å². The SMILES string of the molecule is O=[N+]([O-])c1ccc(C=C2Cc3cccc4cccc2c34)cc1. The number of nitro groups is 1. The molecule has 106 valence electrons. The van der Waals surface area contributed by atoms with Crippen LogP contribution in [-0.2, 0) is 6.42 Å². The third kappa shape index (κ3) is 1.99. The lowest BCUT2D eigenvalue weighted by molar-refractivity contribution is -0.384. The predicted octanol–water partition coefficient (Wildman–Crippen LogP) is 4.84. The minimum Gasteiger partial charge on any atom is -0.258 e. The summed E-state index contributed by atoms with van der Waals surface area (Å²) in [5.41, 5.74) is 5.00. The smallest absolute Gasteiger partial charge is 0.258 e. The highest BCUT2D eigenvalue weighted by Crippen LogP contribution is 2.38. The molecule has 0 amide bonds. The average molecular weight is 287 g/mol. The number of nitrogens with zero attached hydrogens (tertiary/aromatic N) is 1. The van der Waals surface area contributed by atoms with Crippen LogP contribution < -0.4 is 0 Å². The van der Waals surface area contributed by atoms with Crippen molar-refractivity contribution in [1.82, 2.24) is 0 Å². The zero-order valence-electron chi connectivity index (χ0n) is 11.8. The number of hydrogen-bond donors (Lipinski definition) is 0. The van der Waals surface area contributed by atoms with Crippen LogP contribution in [0.4, 0.5) is 5.69 Å². The molecule has 0 fully saturated rings.